The van der Waals surface area contributed by atoms with Crippen LogP contribution in [0.25, 0.3) is 0 Å². The molecule has 0 radical (unpaired) electrons. The number of fused-ring (bicyclic) bond motifs is 1. The van der Waals surface area contributed by atoms with Crippen LogP contribution in [0.15, 0.2) is 18.2 Å². The van der Waals surface area contributed by atoms with Crippen molar-refractivity contribution in [3.63, 3.8) is 0 Å². The smallest absolute Gasteiger partial charge is 0.326 e. The minimum atomic E-state index is -1.12. The van der Waals surface area contributed by atoms with E-state index < -0.39 is 11.6 Å². The van der Waals surface area contributed by atoms with Crippen LogP contribution in [0.4, 0.5) is 5.69 Å². The average molecular weight is 362 g/mol. The molecule has 7 heteroatoms. The average Bonchev–Trinajstić information content (AvgIpc) is 2.49. The Morgan fingerprint density at radius 2 is 1.88 bits per heavy atom. The topological polar surface area (TPSA) is 84.9 Å². The second-order valence-corrected chi connectivity index (χ2v) is 7.35. The van der Waals surface area contributed by atoms with Crippen LogP contribution in [-0.4, -0.2) is 42.1 Å². The van der Waals surface area contributed by atoms with E-state index in [2.05, 4.69) is 5.32 Å². The molecular weight excluding hydrogens is 336 g/mol. The minimum absolute atomic E-state index is 0.0209. The molecule has 1 heterocycles. The molecule has 1 aliphatic heterocycles. The number of anilines is 1. The summed E-state index contributed by atoms with van der Waals surface area (Å²) in [6.07, 6.45) is -0.283. The second-order valence-electron chi connectivity index (χ2n) is 7.35. The Kier molecular flexibility index (Phi) is 5.59. The number of rotatable bonds is 5. The largest absolute Gasteiger partial charge is 0.476 e. The lowest BCUT2D eigenvalue weighted by Crippen LogP contribution is -2.54. The van der Waals surface area contributed by atoms with Crippen LogP contribution in [0.2, 0.25) is 0 Å². The van der Waals surface area contributed by atoms with Gasteiger partial charge in [-0.15, -0.1) is 0 Å². The third kappa shape index (κ3) is 4.33. The molecule has 0 saturated heterocycles. The Labute approximate surface area is 153 Å². The molecule has 0 saturated carbocycles. The highest BCUT2D eigenvalue weighted by atomic mass is 16.5. The van der Waals surface area contributed by atoms with Gasteiger partial charge in [-0.1, -0.05) is 0 Å². The highest BCUT2D eigenvalue weighted by Gasteiger charge is 2.42. The van der Waals surface area contributed by atoms with Gasteiger partial charge in [-0.3, -0.25) is 19.3 Å². The third-order valence-electron chi connectivity index (χ3n) is 3.71. The maximum atomic E-state index is 12.8. The predicted molar refractivity (Wildman–Crippen MR) is 97.3 cm³/mol. The van der Waals surface area contributed by atoms with Gasteiger partial charge in [0.25, 0.3) is 11.8 Å². The Morgan fingerprint density at radius 3 is 2.46 bits per heavy atom. The fourth-order valence-corrected chi connectivity index (χ4v) is 2.64. The summed E-state index contributed by atoms with van der Waals surface area (Å²) in [5.41, 5.74) is -0.352. The lowest BCUT2D eigenvalue weighted by molar-refractivity contribution is -0.147. The van der Waals surface area contributed by atoms with Gasteiger partial charge in [0.15, 0.2) is 5.60 Å². The van der Waals surface area contributed by atoms with E-state index in [-0.39, 0.29) is 30.5 Å². The van der Waals surface area contributed by atoms with Crippen LogP contribution < -0.4 is 15.0 Å². The van der Waals surface area contributed by atoms with Crippen molar-refractivity contribution >= 4 is 23.5 Å². The van der Waals surface area contributed by atoms with Crippen LogP contribution in [0, 0.1) is 0 Å². The van der Waals surface area contributed by atoms with Gasteiger partial charge in [-0.05, 0) is 59.7 Å². The van der Waals surface area contributed by atoms with E-state index in [1.165, 1.54) is 4.90 Å². The zero-order chi connectivity index (χ0) is 19.6. The SMILES string of the molecule is CC(C)NC(=O)c1ccc2c(c1)N(CC(=O)OC(C)C)C(=O)C(C)(C)O2. The van der Waals surface area contributed by atoms with Crippen LogP contribution in [-0.2, 0) is 14.3 Å². The Hall–Kier alpha value is -2.57. The molecule has 0 atom stereocenters. The normalized spacial score (nSPS) is 15.5. The highest BCUT2D eigenvalue weighted by molar-refractivity contribution is 6.06. The summed E-state index contributed by atoms with van der Waals surface area (Å²) in [6, 6.07) is 4.81. The Balaban J connectivity index is 2.40. The van der Waals surface area contributed by atoms with Crippen LogP contribution in [0.1, 0.15) is 51.9 Å². The number of benzene rings is 1. The Bertz CT molecular complexity index is 725. The summed E-state index contributed by atoms with van der Waals surface area (Å²) in [5, 5.41) is 2.80. The molecule has 0 unspecified atom stereocenters. The molecular formula is C19H26N2O5. The summed E-state index contributed by atoms with van der Waals surface area (Å²) in [7, 11) is 0. The molecule has 1 N–H and O–H groups in total. The number of hydrogen-bond donors (Lipinski definition) is 1. The summed E-state index contributed by atoms with van der Waals surface area (Å²) in [6.45, 7) is 10.2. The van der Waals surface area contributed by atoms with Crippen molar-refractivity contribution in [3.05, 3.63) is 23.8 Å². The predicted octanol–water partition coefficient (Wildman–Crippen LogP) is 2.28. The zero-order valence-corrected chi connectivity index (χ0v) is 16.1. The maximum absolute atomic E-state index is 12.8. The molecule has 0 aromatic heterocycles. The molecule has 142 valence electrons. The summed E-state index contributed by atoms with van der Waals surface area (Å²) >= 11 is 0. The molecule has 1 aromatic carbocycles. The van der Waals surface area contributed by atoms with Crippen molar-refractivity contribution in [2.45, 2.75) is 59.3 Å². The molecule has 0 bridgehead atoms. The van der Waals surface area contributed by atoms with Gasteiger partial charge in [0.05, 0.1) is 11.8 Å². The first-order valence-corrected chi connectivity index (χ1v) is 8.66. The first kappa shape index (κ1) is 19.8. The van der Waals surface area contributed by atoms with Crippen molar-refractivity contribution in [2.75, 3.05) is 11.4 Å². The minimum Gasteiger partial charge on any atom is -0.476 e. The number of esters is 1. The molecule has 1 aliphatic rings. The molecule has 7 nitrogen and oxygen atoms in total. The molecule has 2 rings (SSSR count). The molecule has 0 spiro atoms. The molecule has 2 amide bonds. The molecule has 26 heavy (non-hydrogen) atoms. The lowest BCUT2D eigenvalue weighted by atomic mass is 10.0. The number of ether oxygens (including phenoxy) is 2. The molecule has 1 aromatic rings. The Morgan fingerprint density at radius 1 is 1.23 bits per heavy atom. The van der Waals surface area contributed by atoms with E-state index in [0.717, 1.165) is 0 Å². The zero-order valence-electron chi connectivity index (χ0n) is 16.1. The molecule has 0 aliphatic carbocycles. The van der Waals surface area contributed by atoms with Gasteiger partial charge in [-0.25, -0.2) is 0 Å². The first-order chi connectivity index (χ1) is 12.0. The third-order valence-corrected chi connectivity index (χ3v) is 3.71. The number of hydrogen-bond acceptors (Lipinski definition) is 5. The number of nitrogens with one attached hydrogen (secondary N) is 1. The first-order valence-electron chi connectivity index (χ1n) is 8.66. The standard InChI is InChI=1S/C19H26N2O5/c1-11(2)20-17(23)13-7-8-15-14(9-13)21(10-16(22)25-12(3)4)18(24)19(5,6)26-15/h7-9,11-12H,10H2,1-6H3,(H,20,23). The van der Waals surface area contributed by atoms with E-state index in [1.54, 1.807) is 45.9 Å². The van der Waals surface area contributed by atoms with E-state index in [0.29, 0.717) is 17.0 Å². The van der Waals surface area contributed by atoms with E-state index in [1.807, 2.05) is 13.8 Å². The highest BCUT2D eigenvalue weighted by Crippen LogP contribution is 2.38. The van der Waals surface area contributed by atoms with E-state index in [4.69, 9.17) is 9.47 Å². The van der Waals surface area contributed by atoms with Gasteiger partial charge < -0.3 is 14.8 Å². The van der Waals surface area contributed by atoms with Crippen LogP contribution in [0.3, 0.4) is 0 Å². The monoisotopic (exact) mass is 362 g/mol. The number of carbonyl (C=O) groups excluding carboxylic acids is 3. The van der Waals surface area contributed by atoms with Crippen molar-refractivity contribution in [2.24, 2.45) is 0 Å². The number of carbonyl (C=O) groups is 3. The van der Waals surface area contributed by atoms with Crippen LogP contribution in [0.5, 0.6) is 5.75 Å². The summed E-state index contributed by atoms with van der Waals surface area (Å²) in [4.78, 5) is 38.5. The number of nitrogens with zero attached hydrogens (tertiary/aromatic N) is 1. The van der Waals surface area contributed by atoms with Crippen molar-refractivity contribution in [1.29, 1.82) is 0 Å². The van der Waals surface area contributed by atoms with Gasteiger partial charge in [0, 0.05) is 11.6 Å². The van der Waals surface area contributed by atoms with E-state index in [9.17, 15) is 14.4 Å². The summed E-state index contributed by atoms with van der Waals surface area (Å²) < 4.78 is 10.9. The van der Waals surface area contributed by atoms with Gasteiger partial charge in [0.1, 0.15) is 12.3 Å². The van der Waals surface area contributed by atoms with Crippen molar-refractivity contribution in [1.82, 2.24) is 5.32 Å². The van der Waals surface area contributed by atoms with Gasteiger partial charge in [0.2, 0.25) is 0 Å². The van der Waals surface area contributed by atoms with Crippen molar-refractivity contribution < 1.29 is 23.9 Å². The quantitative estimate of drug-likeness (QED) is 0.812. The van der Waals surface area contributed by atoms with Crippen LogP contribution >= 0.6 is 0 Å². The second kappa shape index (κ2) is 7.35. The van der Waals surface area contributed by atoms with Gasteiger partial charge >= 0.3 is 5.97 Å². The van der Waals surface area contributed by atoms with Gasteiger partial charge in [-0.2, -0.15) is 0 Å². The van der Waals surface area contributed by atoms with E-state index >= 15 is 0 Å². The fourth-order valence-electron chi connectivity index (χ4n) is 2.64. The lowest BCUT2D eigenvalue weighted by Gasteiger charge is -2.38. The number of amides is 2. The van der Waals surface area contributed by atoms with Crippen molar-refractivity contribution in [3.8, 4) is 5.75 Å². The summed E-state index contributed by atoms with van der Waals surface area (Å²) in [5.74, 6) is -0.709. The fraction of sp³-hybridized carbons (Fsp3) is 0.526. The molecule has 0 fully saturated rings. The maximum Gasteiger partial charge on any atom is 0.326 e.